The molecule has 0 saturated carbocycles. The third-order valence-electron chi connectivity index (χ3n) is 5.08. The molecule has 0 saturated heterocycles. The molecule has 0 spiro atoms. The highest BCUT2D eigenvalue weighted by Crippen LogP contribution is 2.31. The van der Waals surface area contributed by atoms with Crippen LogP contribution in [0.3, 0.4) is 0 Å². The van der Waals surface area contributed by atoms with E-state index in [1.54, 1.807) is 15.3 Å². The van der Waals surface area contributed by atoms with Crippen LogP contribution in [0.1, 0.15) is 53.2 Å². The number of primary amides is 1. The molecule has 0 fully saturated rings. The minimum Gasteiger partial charge on any atom is -0.491 e. The molecule has 13 nitrogen and oxygen atoms in total. The summed E-state index contributed by atoms with van der Waals surface area (Å²) in [6.07, 6.45) is 1.06. The second-order valence-corrected chi connectivity index (χ2v) is 9.25. The summed E-state index contributed by atoms with van der Waals surface area (Å²) in [4.78, 5) is 29.5. The van der Waals surface area contributed by atoms with Gasteiger partial charge in [0.15, 0.2) is 0 Å². The number of nitrogens with zero attached hydrogens (tertiary/aromatic N) is 4. The maximum atomic E-state index is 13.0. The van der Waals surface area contributed by atoms with Crippen LogP contribution in [0, 0.1) is 6.92 Å². The number of amides is 2. The molecule has 0 atom stereocenters. The SMILES string of the molecule is CCCn1c(NC(=O)c2cc(C)nn2CC)nc2cc(C(N)=O)cc(OCCCNS(N)(=O)=O)c21. The van der Waals surface area contributed by atoms with Crippen molar-refractivity contribution in [3.8, 4) is 5.75 Å². The fourth-order valence-electron chi connectivity index (χ4n) is 3.62. The van der Waals surface area contributed by atoms with Gasteiger partial charge in [-0.2, -0.15) is 13.5 Å². The van der Waals surface area contributed by atoms with Gasteiger partial charge in [-0.3, -0.25) is 19.6 Å². The summed E-state index contributed by atoms with van der Waals surface area (Å²) >= 11 is 0. The van der Waals surface area contributed by atoms with Gasteiger partial charge in [-0.05, 0) is 44.9 Å². The van der Waals surface area contributed by atoms with Crippen molar-refractivity contribution in [3.05, 3.63) is 35.2 Å². The highest BCUT2D eigenvalue weighted by Gasteiger charge is 2.21. The van der Waals surface area contributed by atoms with Crippen molar-refractivity contribution in [2.75, 3.05) is 18.5 Å². The smallest absolute Gasteiger partial charge is 0.276 e. The first kappa shape index (κ1) is 26.1. The van der Waals surface area contributed by atoms with Crippen molar-refractivity contribution in [1.29, 1.82) is 0 Å². The number of ether oxygens (including phenoxy) is 1. The van der Waals surface area contributed by atoms with Crippen LogP contribution in [-0.2, 0) is 23.3 Å². The number of carbonyl (C=O) groups is 2. The van der Waals surface area contributed by atoms with Crippen molar-refractivity contribution in [3.63, 3.8) is 0 Å². The van der Waals surface area contributed by atoms with E-state index in [1.807, 2.05) is 20.8 Å². The Hall–Kier alpha value is -3.49. The minimum absolute atomic E-state index is 0.0809. The number of hydrogen-bond donors (Lipinski definition) is 4. The van der Waals surface area contributed by atoms with Crippen LogP contribution >= 0.6 is 0 Å². The lowest BCUT2D eigenvalue weighted by atomic mass is 10.1. The fraction of sp³-hybridized carbons (Fsp3) is 0.429. The van der Waals surface area contributed by atoms with Gasteiger partial charge in [-0.1, -0.05) is 6.92 Å². The van der Waals surface area contributed by atoms with E-state index in [2.05, 4.69) is 20.1 Å². The summed E-state index contributed by atoms with van der Waals surface area (Å²) in [5.74, 6) is -0.407. The zero-order valence-electron chi connectivity index (χ0n) is 19.9. The van der Waals surface area contributed by atoms with Gasteiger partial charge in [0.25, 0.3) is 16.1 Å². The highest BCUT2D eigenvalue weighted by atomic mass is 32.2. The monoisotopic (exact) mass is 506 g/mol. The molecule has 190 valence electrons. The molecule has 0 unspecified atom stereocenters. The Balaban J connectivity index is 1.97. The first-order valence-electron chi connectivity index (χ1n) is 11.1. The van der Waals surface area contributed by atoms with E-state index < -0.39 is 16.1 Å². The van der Waals surface area contributed by atoms with Crippen LogP contribution in [0.5, 0.6) is 5.75 Å². The topological polar surface area (TPSA) is 189 Å². The Labute approximate surface area is 203 Å². The third kappa shape index (κ3) is 6.35. The molecule has 3 rings (SSSR count). The van der Waals surface area contributed by atoms with Gasteiger partial charge >= 0.3 is 0 Å². The molecule has 0 radical (unpaired) electrons. The molecule has 3 aromatic rings. The molecule has 2 aromatic heterocycles. The number of carbonyl (C=O) groups excluding carboxylic acids is 2. The summed E-state index contributed by atoms with van der Waals surface area (Å²) in [5, 5.41) is 12.1. The van der Waals surface area contributed by atoms with Crippen LogP contribution in [-0.4, -0.2) is 52.7 Å². The standard InChI is InChI=1S/C21H30N8O5S/c1-4-8-28-18-15(25-21(28)26-20(31)16-10-13(3)27-29(16)5-2)11-14(19(22)30)12-17(18)34-9-6-7-24-35(23,32)33/h10-12,24H,4-9H2,1-3H3,(H2,22,30)(H2,23,32,33)(H,25,26,31). The average Bonchev–Trinajstić information content (AvgIpc) is 3.32. The van der Waals surface area contributed by atoms with Crippen molar-refractivity contribution < 1.29 is 22.7 Å². The third-order valence-corrected chi connectivity index (χ3v) is 5.69. The molecular formula is C21H30N8O5S. The summed E-state index contributed by atoms with van der Waals surface area (Å²) in [6, 6.07) is 4.74. The number of aromatic nitrogens is 4. The second-order valence-electron chi connectivity index (χ2n) is 7.88. The molecule has 0 aliphatic rings. The van der Waals surface area contributed by atoms with Crippen LogP contribution in [0.4, 0.5) is 5.95 Å². The Morgan fingerprint density at radius 3 is 2.57 bits per heavy atom. The lowest BCUT2D eigenvalue weighted by molar-refractivity contribution is 0.0995. The average molecular weight is 507 g/mol. The summed E-state index contributed by atoms with van der Waals surface area (Å²) in [5.41, 5.74) is 7.80. The number of hydrogen-bond acceptors (Lipinski definition) is 7. The van der Waals surface area contributed by atoms with Gasteiger partial charge < -0.3 is 15.0 Å². The maximum absolute atomic E-state index is 13.0. The summed E-state index contributed by atoms with van der Waals surface area (Å²) < 4.78 is 33.5. The Kier molecular flexibility index (Phi) is 8.09. The molecular weight excluding hydrogens is 476 g/mol. The normalized spacial score (nSPS) is 11.7. The number of anilines is 1. The van der Waals surface area contributed by atoms with E-state index in [1.165, 1.54) is 12.1 Å². The number of aryl methyl sites for hydroxylation is 3. The molecule has 14 heteroatoms. The first-order valence-corrected chi connectivity index (χ1v) is 12.7. The summed E-state index contributed by atoms with van der Waals surface area (Å²) in [7, 11) is -3.80. The number of nitrogens with one attached hydrogen (secondary N) is 2. The maximum Gasteiger partial charge on any atom is 0.276 e. The van der Waals surface area contributed by atoms with Crippen LogP contribution in [0.15, 0.2) is 18.2 Å². The van der Waals surface area contributed by atoms with Crippen LogP contribution in [0.25, 0.3) is 11.0 Å². The van der Waals surface area contributed by atoms with E-state index in [0.717, 1.165) is 12.1 Å². The minimum atomic E-state index is -3.80. The zero-order valence-corrected chi connectivity index (χ0v) is 20.7. The number of fused-ring (bicyclic) bond motifs is 1. The predicted molar refractivity (Wildman–Crippen MR) is 130 cm³/mol. The fourth-order valence-corrected chi connectivity index (χ4v) is 4.05. The lowest BCUT2D eigenvalue weighted by Crippen LogP contribution is -2.32. The molecule has 0 aliphatic carbocycles. The predicted octanol–water partition coefficient (Wildman–Crippen LogP) is 0.884. The van der Waals surface area contributed by atoms with Gasteiger partial charge in [0.1, 0.15) is 17.0 Å². The van der Waals surface area contributed by atoms with Gasteiger partial charge in [-0.15, -0.1) is 0 Å². The van der Waals surface area contributed by atoms with Crippen molar-refractivity contribution in [2.24, 2.45) is 10.9 Å². The van der Waals surface area contributed by atoms with E-state index in [4.69, 9.17) is 15.6 Å². The Bertz CT molecular complexity index is 1350. The number of benzene rings is 1. The molecule has 0 bridgehead atoms. The molecule has 1 aromatic carbocycles. The zero-order chi connectivity index (χ0) is 25.8. The molecule has 2 heterocycles. The Morgan fingerprint density at radius 1 is 1.20 bits per heavy atom. The highest BCUT2D eigenvalue weighted by molar-refractivity contribution is 7.87. The molecule has 6 N–H and O–H groups in total. The molecule has 35 heavy (non-hydrogen) atoms. The van der Waals surface area contributed by atoms with Crippen molar-refractivity contribution in [2.45, 2.75) is 46.7 Å². The van der Waals surface area contributed by atoms with Gasteiger partial charge in [-0.25, -0.2) is 14.8 Å². The first-order chi connectivity index (χ1) is 16.5. The largest absolute Gasteiger partial charge is 0.491 e. The van der Waals surface area contributed by atoms with E-state index in [-0.39, 0.29) is 30.6 Å². The second kappa shape index (κ2) is 10.8. The van der Waals surface area contributed by atoms with Crippen LogP contribution < -0.4 is 25.6 Å². The van der Waals surface area contributed by atoms with Crippen molar-refractivity contribution >= 4 is 39.0 Å². The van der Waals surface area contributed by atoms with Crippen molar-refractivity contribution in [1.82, 2.24) is 24.1 Å². The number of imidazole rings is 1. The number of nitrogens with two attached hydrogens (primary N) is 2. The van der Waals surface area contributed by atoms with E-state index >= 15 is 0 Å². The van der Waals surface area contributed by atoms with Gasteiger partial charge in [0.05, 0.1) is 17.8 Å². The van der Waals surface area contributed by atoms with Crippen LogP contribution in [0.2, 0.25) is 0 Å². The lowest BCUT2D eigenvalue weighted by Gasteiger charge is -2.13. The van der Waals surface area contributed by atoms with E-state index in [9.17, 15) is 18.0 Å². The molecule has 0 aliphatic heterocycles. The summed E-state index contributed by atoms with van der Waals surface area (Å²) in [6.45, 7) is 6.93. The van der Waals surface area contributed by atoms with Gasteiger partial charge in [0, 0.05) is 25.2 Å². The number of rotatable bonds is 12. The van der Waals surface area contributed by atoms with E-state index in [0.29, 0.717) is 42.0 Å². The molecule has 2 amide bonds. The Morgan fingerprint density at radius 2 is 1.94 bits per heavy atom. The quantitative estimate of drug-likeness (QED) is 0.262. The van der Waals surface area contributed by atoms with Gasteiger partial charge in [0.2, 0.25) is 11.9 Å².